The maximum Gasteiger partial charge on any atom is 0.160 e. The standard InChI is InChI=1S/C15H13Cl3O3/c16-10-8-11(17)15(12(18)9-10)21-7-3-6-20-14-5-2-1-4-13(14)19/h1-2,4-5,8-9,19H,3,6-7H2. The molecule has 0 spiro atoms. The van der Waals surface area contributed by atoms with E-state index in [9.17, 15) is 5.11 Å². The quantitative estimate of drug-likeness (QED) is 0.730. The molecular weight excluding hydrogens is 335 g/mol. The van der Waals surface area contributed by atoms with Gasteiger partial charge in [0.15, 0.2) is 17.2 Å². The molecule has 0 saturated heterocycles. The number of hydrogen-bond acceptors (Lipinski definition) is 3. The summed E-state index contributed by atoms with van der Waals surface area (Å²) in [7, 11) is 0. The number of rotatable bonds is 6. The van der Waals surface area contributed by atoms with Crippen LogP contribution in [0.4, 0.5) is 0 Å². The zero-order chi connectivity index (χ0) is 15.2. The molecule has 0 aliphatic rings. The van der Waals surface area contributed by atoms with Crippen molar-refractivity contribution in [2.24, 2.45) is 0 Å². The third kappa shape index (κ3) is 4.60. The summed E-state index contributed by atoms with van der Waals surface area (Å²) in [5.74, 6) is 0.965. The van der Waals surface area contributed by atoms with Crippen LogP contribution >= 0.6 is 34.8 Å². The van der Waals surface area contributed by atoms with Gasteiger partial charge in [0, 0.05) is 11.4 Å². The first-order chi connectivity index (χ1) is 10.1. The first-order valence-corrected chi connectivity index (χ1v) is 7.39. The molecule has 2 aromatic rings. The zero-order valence-corrected chi connectivity index (χ0v) is 13.3. The molecule has 0 saturated carbocycles. The van der Waals surface area contributed by atoms with Gasteiger partial charge in [-0.25, -0.2) is 0 Å². The van der Waals surface area contributed by atoms with Gasteiger partial charge in [0.2, 0.25) is 0 Å². The Bertz CT molecular complexity index is 594. The van der Waals surface area contributed by atoms with Crippen molar-refractivity contribution in [2.45, 2.75) is 6.42 Å². The highest BCUT2D eigenvalue weighted by Crippen LogP contribution is 2.35. The Morgan fingerprint density at radius 3 is 2.19 bits per heavy atom. The summed E-state index contributed by atoms with van der Waals surface area (Å²) in [5, 5.41) is 10.7. The van der Waals surface area contributed by atoms with E-state index in [-0.39, 0.29) is 5.75 Å². The molecule has 0 aliphatic carbocycles. The first kappa shape index (κ1) is 16.1. The van der Waals surface area contributed by atoms with Crippen molar-refractivity contribution in [3.05, 3.63) is 51.5 Å². The van der Waals surface area contributed by atoms with E-state index >= 15 is 0 Å². The molecular formula is C15H13Cl3O3. The monoisotopic (exact) mass is 346 g/mol. The predicted octanol–water partition coefficient (Wildman–Crippen LogP) is 5.20. The van der Waals surface area contributed by atoms with Crippen LogP contribution < -0.4 is 9.47 Å². The summed E-state index contributed by atoms with van der Waals surface area (Å²) in [6.07, 6.45) is 0.615. The number of phenolic OH excluding ortho intramolecular Hbond substituents is 1. The van der Waals surface area contributed by atoms with E-state index in [2.05, 4.69) is 0 Å². The van der Waals surface area contributed by atoms with Crippen molar-refractivity contribution in [1.82, 2.24) is 0 Å². The summed E-state index contributed by atoms with van der Waals surface area (Å²) < 4.78 is 11.0. The third-order valence-corrected chi connectivity index (χ3v) is 3.40. The van der Waals surface area contributed by atoms with Crippen LogP contribution in [0.2, 0.25) is 15.1 Å². The summed E-state index contributed by atoms with van der Waals surface area (Å²) in [4.78, 5) is 0. The fourth-order valence-corrected chi connectivity index (χ4v) is 2.59. The zero-order valence-electron chi connectivity index (χ0n) is 11.0. The second-order valence-electron chi connectivity index (χ2n) is 4.22. The van der Waals surface area contributed by atoms with E-state index in [4.69, 9.17) is 44.3 Å². The van der Waals surface area contributed by atoms with Gasteiger partial charge in [-0.2, -0.15) is 0 Å². The van der Waals surface area contributed by atoms with Gasteiger partial charge in [0.05, 0.1) is 23.3 Å². The number of benzene rings is 2. The molecule has 112 valence electrons. The lowest BCUT2D eigenvalue weighted by molar-refractivity contribution is 0.241. The molecule has 6 heteroatoms. The van der Waals surface area contributed by atoms with Crippen molar-refractivity contribution in [3.8, 4) is 17.2 Å². The molecule has 2 rings (SSSR count). The average molecular weight is 348 g/mol. The Kier molecular flexibility index (Phi) is 5.85. The van der Waals surface area contributed by atoms with Crippen molar-refractivity contribution >= 4 is 34.8 Å². The van der Waals surface area contributed by atoms with Crippen molar-refractivity contribution in [2.75, 3.05) is 13.2 Å². The lowest BCUT2D eigenvalue weighted by atomic mass is 10.3. The van der Waals surface area contributed by atoms with E-state index < -0.39 is 0 Å². The van der Waals surface area contributed by atoms with Crippen LogP contribution in [0.3, 0.4) is 0 Å². The molecule has 0 radical (unpaired) electrons. The number of phenols is 1. The van der Waals surface area contributed by atoms with Gasteiger partial charge in [0.25, 0.3) is 0 Å². The lowest BCUT2D eigenvalue weighted by Gasteiger charge is -2.11. The van der Waals surface area contributed by atoms with Gasteiger partial charge >= 0.3 is 0 Å². The Hall–Kier alpha value is -1.29. The molecule has 1 N–H and O–H groups in total. The van der Waals surface area contributed by atoms with E-state index in [1.54, 1.807) is 36.4 Å². The molecule has 3 nitrogen and oxygen atoms in total. The van der Waals surface area contributed by atoms with Crippen LogP contribution in [0.1, 0.15) is 6.42 Å². The molecule has 0 aromatic heterocycles. The Morgan fingerprint density at radius 1 is 0.905 bits per heavy atom. The summed E-state index contributed by atoms with van der Waals surface area (Å²) in [6.45, 7) is 0.787. The smallest absolute Gasteiger partial charge is 0.160 e. The van der Waals surface area contributed by atoms with Crippen LogP contribution in [0.25, 0.3) is 0 Å². The topological polar surface area (TPSA) is 38.7 Å². The van der Waals surface area contributed by atoms with Gasteiger partial charge in [-0.15, -0.1) is 0 Å². The van der Waals surface area contributed by atoms with Crippen molar-refractivity contribution < 1.29 is 14.6 Å². The van der Waals surface area contributed by atoms with Gasteiger partial charge in [-0.1, -0.05) is 46.9 Å². The summed E-state index contributed by atoms with van der Waals surface area (Å²) >= 11 is 17.8. The number of halogens is 3. The van der Waals surface area contributed by atoms with Crippen LogP contribution in [0.15, 0.2) is 36.4 Å². The molecule has 0 unspecified atom stereocenters. The van der Waals surface area contributed by atoms with Crippen LogP contribution in [-0.4, -0.2) is 18.3 Å². The fraction of sp³-hybridized carbons (Fsp3) is 0.200. The minimum Gasteiger partial charge on any atom is -0.504 e. The second kappa shape index (κ2) is 7.64. The number of aromatic hydroxyl groups is 1. The van der Waals surface area contributed by atoms with Crippen molar-refractivity contribution in [3.63, 3.8) is 0 Å². The Balaban J connectivity index is 1.79. The van der Waals surface area contributed by atoms with Crippen molar-refractivity contribution in [1.29, 1.82) is 0 Å². The number of para-hydroxylation sites is 2. The maximum absolute atomic E-state index is 9.54. The maximum atomic E-state index is 9.54. The third-order valence-electron chi connectivity index (χ3n) is 2.62. The van der Waals surface area contributed by atoms with E-state index in [1.807, 2.05) is 0 Å². The first-order valence-electron chi connectivity index (χ1n) is 6.26. The predicted molar refractivity (Wildman–Crippen MR) is 85.2 cm³/mol. The summed E-state index contributed by atoms with van der Waals surface area (Å²) in [6, 6.07) is 9.93. The van der Waals surface area contributed by atoms with Crippen LogP contribution in [0.5, 0.6) is 17.2 Å². The molecule has 0 atom stereocenters. The van der Waals surface area contributed by atoms with Gasteiger partial charge < -0.3 is 14.6 Å². The van der Waals surface area contributed by atoms with Crippen LogP contribution in [-0.2, 0) is 0 Å². The molecule has 21 heavy (non-hydrogen) atoms. The molecule has 0 heterocycles. The minimum absolute atomic E-state index is 0.113. The van der Waals surface area contributed by atoms with Gasteiger partial charge in [-0.05, 0) is 24.3 Å². The Labute approximate surface area is 138 Å². The highest BCUT2D eigenvalue weighted by Gasteiger charge is 2.09. The fourth-order valence-electron chi connectivity index (χ4n) is 1.66. The van der Waals surface area contributed by atoms with E-state index in [0.717, 1.165) is 0 Å². The van der Waals surface area contributed by atoms with Crippen LogP contribution in [0, 0.1) is 0 Å². The van der Waals surface area contributed by atoms with E-state index in [1.165, 1.54) is 0 Å². The second-order valence-corrected chi connectivity index (χ2v) is 5.47. The molecule has 0 bridgehead atoms. The van der Waals surface area contributed by atoms with Gasteiger partial charge in [-0.3, -0.25) is 0 Å². The molecule has 2 aromatic carbocycles. The molecule has 0 fully saturated rings. The SMILES string of the molecule is Oc1ccccc1OCCCOc1c(Cl)cc(Cl)cc1Cl. The highest BCUT2D eigenvalue weighted by molar-refractivity contribution is 6.40. The lowest BCUT2D eigenvalue weighted by Crippen LogP contribution is -2.05. The highest BCUT2D eigenvalue weighted by atomic mass is 35.5. The minimum atomic E-state index is 0.113. The van der Waals surface area contributed by atoms with Gasteiger partial charge in [0.1, 0.15) is 0 Å². The number of ether oxygens (including phenoxy) is 2. The largest absolute Gasteiger partial charge is 0.504 e. The molecule has 0 aliphatic heterocycles. The number of hydrogen-bond donors (Lipinski definition) is 1. The summed E-state index contributed by atoms with van der Waals surface area (Å²) in [5.41, 5.74) is 0. The molecule has 0 amide bonds. The Morgan fingerprint density at radius 2 is 1.52 bits per heavy atom. The average Bonchev–Trinajstić information content (AvgIpc) is 2.42. The normalized spacial score (nSPS) is 10.4. The van der Waals surface area contributed by atoms with E-state index in [0.29, 0.717) is 46.2 Å².